The highest BCUT2D eigenvalue weighted by atomic mass is 15.3. The van der Waals surface area contributed by atoms with E-state index in [0.29, 0.717) is 12.1 Å². The zero-order chi connectivity index (χ0) is 13.9. The second-order valence-corrected chi connectivity index (χ2v) is 6.46. The van der Waals surface area contributed by atoms with Gasteiger partial charge in [0.15, 0.2) is 0 Å². The van der Waals surface area contributed by atoms with Crippen molar-refractivity contribution in [2.24, 2.45) is 5.73 Å². The molecule has 2 N–H and O–H groups in total. The second kappa shape index (κ2) is 6.04. The van der Waals surface area contributed by atoms with Gasteiger partial charge in [-0.15, -0.1) is 0 Å². The molecule has 0 radical (unpaired) electrons. The molecular weight excluding hydrogens is 234 g/mol. The minimum atomic E-state index is 0.297. The maximum atomic E-state index is 5.70. The number of hydrogen-bond acceptors (Lipinski definition) is 3. The predicted octanol–water partition coefficient (Wildman–Crippen LogP) is 2.06. The Morgan fingerprint density at radius 1 is 1.05 bits per heavy atom. The summed E-state index contributed by atoms with van der Waals surface area (Å²) in [7, 11) is 0. The molecular formula is C16H27N3. The molecule has 2 rings (SSSR count). The van der Waals surface area contributed by atoms with E-state index in [2.05, 4.69) is 54.8 Å². The van der Waals surface area contributed by atoms with Crippen molar-refractivity contribution in [1.82, 2.24) is 9.80 Å². The molecule has 0 unspecified atom stereocenters. The van der Waals surface area contributed by atoms with Crippen LogP contribution in [0.2, 0.25) is 0 Å². The van der Waals surface area contributed by atoms with Crippen LogP contribution in [0.15, 0.2) is 24.3 Å². The van der Waals surface area contributed by atoms with Gasteiger partial charge >= 0.3 is 0 Å². The molecule has 3 nitrogen and oxygen atoms in total. The Bertz CT molecular complexity index is 401. The largest absolute Gasteiger partial charge is 0.326 e. The lowest BCUT2D eigenvalue weighted by atomic mass is 10.0. The van der Waals surface area contributed by atoms with E-state index in [1.54, 1.807) is 0 Å². The Morgan fingerprint density at radius 3 is 2.26 bits per heavy atom. The first-order valence-electron chi connectivity index (χ1n) is 7.24. The molecule has 106 valence electrons. The molecule has 1 saturated heterocycles. The lowest BCUT2D eigenvalue weighted by Gasteiger charge is -2.42. The van der Waals surface area contributed by atoms with Crippen molar-refractivity contribution in [3.63, 3.8) is 0 Å². The van der Waals surface area contributed by atoms with E-state index >= 15 is 0 Å². The van der Waals surface area contributed by atoms with E-state index in [0.717, 1.165) is 19.6 Å². The van der Waals surface area contributed by atoms with E-state index in [-0.39, 0.29) is 0 Å². The van der Waals surface area contributed by atoms with Crippen LogP contribution in [-0.4, -0.2) is 41.5 Å². The summed E-state index contributed by atoms with van der Waals surface area (Å²) in [5, 5.41) is 0. The van der Waals surface area contributed by atoms with Gasteiger partial charge in [0.1, 0.15) is 0 Å². The molecule has 0 bridgehead atoms. The van der Waals surface area contributed by atoms with Crippen molar-refractivity contribution >= 4 is 0 Å². The van der Waals surface area contributed by atoms with Crippen LogP contribution in [0.25, 0.3) is 0 Å². The minimum Gasteiger partial charge on any atom is -0.326 e. The summed E-state index contributed by atoms with van der Waals surface area (Å²) < 4.78 is 0. The minimum absolute atomic E-state index is 0.297. The highest BCUT2D eigenvalue weighted by molar-refractivity contribution is 5.23. The molecule has 1 heterocycles. The Balaban J connectivity index is 1.88. The van der Waals surface area contributed by atoms with Gasteiger partial charge in [0.25, 0.3) is 0 Å². The van der Waals surface area contributed by atoms with Crippen LogP contribution in [0.5, 0.6) is 0 Å². The van der Waals surface area contributed by atoms with Crippen molar-refractivity contribution in [1.29, 1.82) is 0 Å². The summed E-state index contributed by atoms with van der Waals surface area (Å²) in [4.78, 5) is 5.11. The maximum absolute atomic E-state index is 5.70. The van der Waals surface area contributed by atoms with Crippen LogP contribution in [0.1, 0.15) is 31.9 Å². The van der Waals surface area contributed by atoms with Crippen LogP contribution >= 0.6 is 0 Å². The number of nitrogens with two attached hydrogens (primary N) is 1. The van der Waals surface area contributed by atoms with Crippen molar-refractivity contribution in [3.05, 3.63) is 35.4 Å². The molecule has 1 aliphatic rings. The van der Waals surface area contributed by atoms with Gasteiger partial charge < -0.3 is 5.73 Å². The van der Waals surface area contributed by atoms with Gasteiger partial charge in [-0.05, 0) is 31.9 Å². The first-order chi connectivity index (χ1) is 8.99. The molecule has 3 heteroatoms. The molecule has 0 saturated carbocycles. The summed E-state index contributed by atoms with van der Waals surface area (Å²) in [6.07, 6.45) is 0. The molecule has 0 amide bonds. The second-order valence-electron chi connectivity index (χ2n) is 6.46. The van der Waals surface area contributed by atoms with Gasteiger partial charge in [-0.1, -0.05) is 24.3 Å². The van der Waals surface area contributed by atoms with Gasteiger partial charge in [-0.25, -0.2) is 0 Å². The SMILES string of the molecule is CC(C)(C)N1CCN(Cc2cccc(CN)c2)CC1. The third kappa shape index (κ3) is 4.03. The highest BCUT2D eigenvalue weighted by Gasteiger charge is 2.25. The van der Waals surface area contributed by atoms with Crippen LogP contribution < -0.4 is 5.73 Å². The van der Waals surface area contributed by atoms with Crippen molar-refractivity contribution in [2.45, 2.75) is 39.4 Å². The molecule has 0 aromatic heterocycles. The number of piperazine rings is 1. The van der Waals surface area contributed by atoms with Crippen LogP contribution in [0.3, 0.4) is 0 Å². The Morgan fingerprint density at radius 2 is 1.68 bits per heavy atom. The smallest absolute Gasteiger partial charge is 0.0234 e. The first kappa shape index (κ1) is 14.5. The maximum Gasteiger partial charge on any atom is 0.0234 e. The number of hydrogen-bond donors (Lipinski definition) is 1. The zero-order valence-corrected chi connectivity index (χ0v) is 12.5. The average molecular weight is 261 g/mol. The zero-order valence-electron chi connectivity index (χ0n) is 12.5. The summed E-state index contributed by atoms with van der Waals surface area (Å²) in [6.45, 7) is 13.2. The third-order valence-corrected chi connectivity index (χ3v) is 3.95. The average Bonchev–Trinajstić information content (AvgIpc) is 2.38. The van der Waals surface area contributed by atoms with Crippen LogP contribution in [0.4, 0.5) is 0 Å². The topological polar surface area (TPSA) is 32.5 Å². The predicted molar refractivity (Wildman–Crippen MR) is 80.9 cm³/mol. The van der Waals surface area contributed by atoms with Crippen molar-refractivity contribution in [3.8, 4) is 0 Å². The van der Waals surface area contributed by atoms with Crippen LogP contribution in [-0.2, 0) is 13.1 Å². The summed E-state index contributed by atoms with van der Waals surface area (Å²) in [6, 6.07) is 8.65. The fourth-order valence-electron chi connectivity index (χ4n) is 2.69. The number of nitrogens with zero attached hydrogens (tertiary/aromatic N) is 2. The Kier molecular flexibility index (Phi) is 4.61. The third-order valence-electron chi connectivity index (χ3n) is 3.95. The standard InChI is InChI=1S/C16H27N3/c1-16(2,3)19-9-7-18(8-10-19)13-15-6-4-5-14(11-15)12-17/h4-6,11H,7-10,12-13,17H2,1-3H3. The lowest BCUT2D eigenvalue weighted by molar-refractivity contribution is 0.0591. The molecule has 19 heavy (non-hydrogen) atoms. The van der Waals surface area contributed by atoms with E-state index < -0.39 is 0 Å². The monoisotopic (exact) mass is 261 g/mol. The fourth-order valence-corrected chi connectivity index (χ4v) is 2.69. The first-order valence-corrected chi connectivity index (χ1v) is 7.24. The van der Waals surface area contributed by atoms with E-state index in [4.69, 9.17) is 5.73 Å². The van der Waals surface area contributed by atoms with Crippen molar-refractivity contribution in [2.75, 3.05) is 26.2 Å². The molecule has 1 aromatic rings. The van der Waals surface area contributed by atoms with E-state index in [1.807, 2.05) is 0 Å². The van der Waals surface area contributed by atoms with Crippen molar-refractivity contribution < 1.29 is 0 Å². The van der Waals surface area contributed by atoms with Gasteiger partial charge in [0.05, 0.1) is 0 Å². The fraction of sp³-hybridized carbons (Fsp3) is 0.625. The molecule has 0 spiro atoms. The number of rotatable bonds is 3. The lowest BCUT2D eigenvalue weighted by Crippen LogP contribution is -2.53. The van der Waals surface area contributed by atoms with Gasteiger partial charge in [0.2, 0.25) is 0 Å². The molecule has 0 aliphatic carbocycles. The quantitative estimate of drug-likeness (QED) is 0.904. The Hall–Kier alpha value is -0.900. The molecule has 1 aromatic carbocycles. The summed E-state index contributed by atoms with van der Waals surface area (Å²) >= 11 is 0. The van der Waals surface area contributed by atoms with E-state index in [9.17, 15) is 0 Å². The Labute approximate surface area is 117 Å². The van der Waals surface area contributed by atoms with Gasteiger partial charge in [0, 0.05) is 44.8 Å². The summed E-state index contributed by atoms with van der Waals surface area (Å²) in [5.41, 5.74) is 8.60. The van der Waals surface area contributed by atoms with Gasteiger partial charge in [-0.3, -0.25) is 9.80 Å². The van der Waals surface area contributed by atoms with E-state index in [1.165, 1.54) is 24.2 Å². The molecule has 1 fully saturated rings. The van der Waals surface area contributed by atoms with Gasteiger partial charge in [-0.2, -0.15) is 0 Å². The normalized spacial score (nSPS) is 18.7. The summed E-state index contributed by atoms with van der Waals surface area (Å²) in [5.74, 6) is 0. The molecule has 0 atom stereocenters. The highest BCUT2D eigenvalue weighted by Crippen LogP contribution is 2.17. The molecule has 1 aliphatic heterocycles. The number of benzene rings is 1. The van der Waals surface area contributed by atoms with Crippen LogP contribution in [0, 0.1) is 0 Å².